The van der Waals surface area contributed by atoms with Crippen molar-refractivity contribution in [3.63, 3.8) is 0 Å². The van der Waals surface area contributed by atoms with Gasteiger partial charge in [0.05, 0.1) is 7.11 Å². The van der Waals surface area contributed by atoms with Crippen LogP contribution in [0.15, 0.2) is 57.7 Å². The summed E-state index contributed by atoms with van der Waals surface area (Å²) in [6, 6.07) is 15.8. The lowest BCUT2D eigenvalue weighted by Gasteiger charge is -2.27. The summed E-state index contributed by atoms with van der Waals surface area (Å²) in [5.41, 5.74) is 4.48. The first-order valence-corrected chi connectivity index (χ1v) is 10.1. The van der Waals surface area contributed by atoms with Gasteiger partial charge in [0.1, 0.15) is 11.3 Å². The summed E-state index contributed by atoms with van der Waals surface area (Å²) >= 11 is 0. The van der Waals surface area contributed by atoms with Gasteiger partial charge in [-0.05, 0) is 92.1 Å². The third-order valence-electron chi connectivity index (χ3n) is 5.75. The van der Waals surface area contributed by atoms with Gasteiger partial charge in [-0.3, -0.25) is 0 Å². The molecule has 3 aromatic rings. The number of benzene rings is 2. The average Bonchev–Trinajstić information content (AvgIpc) is 2.73. The first kappa shape index (κ1) is 18.8. The maximum Gasteiger partial charge on any atom is 0.336 e. The van der Waals surface area contributed by atoms with Crippen LogP contribution >= 0.6 is 0 Å². The van der Waals surface area contributed by atoms with E-state index in [2.05, 4.69) is 29.6 Å². The Morgan fingerprint density at radius 3 is 2.96 bits per heavy atom. The molecule has 0 aliphatic heterocycles. The summed E-state index contributed by atoms with van der Waals surface area (Å²) in [4.78, 5) is 11.3. The van der Waals surface area contributed by atoms with Crippen LogP contribution in [0.4, 0.5) is 0 Å². The molecule has 4 nitrogen and oxygen atoms in total. The third kappa shape index (κ3) is 4.12. The van der Waals surface area contributed by atoms with Crippen molar-refractivity contribution in [2.45, 2.75) is 38.0 Å². The van der Waals surface area contributed by atoms with E-state index in [4.69, 9.17) is 9.15 Å². The van der Waals surface area contributed by atoms with Crippen LogP contribution in [0.5, 0.6) is 5.75 Å². The van der Waals surface area contributed by atoms with Gasteiger partial charge in [-0.1, -0.05) is 18.2 Å². The molecule has 4 heteroatoms. The largest absolute Gasteiger partial charge is 0.496 e. The lowest BCUT2D eigenvalue weighted by atomic mass is 9.80. The molecule has 4 rings (SSSR count). The first-order chi connectivity index (χ1) is 13.7. The van der Waals surface area contributed by atoms with Gasteiger partial charge in [-0.15, -0.1) is 0 Å². The van der Waals surface area contributed by atoms with Crippen molar-refractivity contribution in [3.8, 4) is 5.75 Å². The summed E-state index contributed by atoms with van der Waals surface area (Å²) in [5, 5.41) is 4.57. The highest BCUT2D eigenvalue weighted by atomic mass is 16.5. The fourth-order valence-electron chi connectivity index (χ4n) is 4.32. The van der Waals surface area contributed by atoms with Crippen molar-refractivity contribution >= 4 is 11.0 Å². The topological polar surface area (TPSA) is 51.5 Å². The number of methoxy groups -OCH3 is 1. The van der Waals surface area contributed by atoms with Crippen molar-refractivity contribution < 1.29 is 9.15 Å². The van der Waals surface area contributed by atoms with Crippen LogP contribution in [0, 0.1) is 0 Å². The highest BCUT2D eigenvalue weighted by Gasteiger charge is 2.22. The zero-order valence-electron chi connectivity index (χ0n) is 16.4. The Bertz CT molecular complexity index is 1010. The molecule has 1 N–H and O–H groups in total. The van der Waals surface area contributed by atoms with Gasteiger partial charge < -0.3 is 14.5 Å². The van der Waals surface area contributed by atoms with Gasteiger partial charge in [0.2, 0.25) is 0 Å². The number of fused-ring (bicyclic) bond motifs is 2. The number of hydrogen-bond acceptors (Lipinski definition) is 4. The molecular weight excluding hydrogens is 350 g/mol. The smallest absolute Gasteiger partial charge is 0.336 e. The van der Waals surface area contributed by atoms with Gasteiger partial charge in [-0.25, -0.2) is 4.79 Å². The minimum Gasteiger partial charge on any atom is -0.496 e. The second-order valence-electron chi connectivity index (χ2n) is 7.53. The second-order valence-corrected chi connectivity index (χ2v) is 7.53. The van der Waals surface area contributed by atoms with E-state index in [0.717, 1.165) is 43.5 Å². The molecule has 0 radical (unpaired) electrons. The standard InChI is InChI=1S/C24H27NO3/c1-27-23-7-3-5-20-18(4-2-6-21(20)23)13-15-25-14-12-17-8-10-22-19(16-17)9-11-24(26)28-22/h3,5,7-11,16,18,25H,2,4,6,12-15H2,1H3. The number of nitrogens with one attached hydrogen (secondary N) is 1. The molecule has 1 aliphatic carbocycles. The minimum absolute atomic E-state index is 0.302. The fraction of sp³-hybridized carbons (Fsp3) is 0.375. The zero-order valence-corrected chi connectivity index (χ0v) is 16.4. The summed E-state index contributed by atoms with van der Waals surface area (Å²) in [6.07, 6.45) is 5.75. The monoisotopic (exact) mass is 377 g/mol. The molecule has 0 amide bonds. The van der Waals surface area contributed by atoms with E-state index in [1.165, 1.54) is 35.6 Å². The molecule has 1 atom stereocenters. The van der Waals surface area contributed by atoms with E-state index in [9.17, 15) is 4.79 Å². The van der Waals surface area contributed by atoms with E-state index in [1.807, 2.05) is 18.2 Å². The molecule has 1 heterocycles. The Kier molecular flexibility index (Phi) is 5.77. The molecule has 2 aromatic carbocycles. The van der Waals surface area contributed by atoms with Crippen LogP contribution in [0.25, 0.3) is 11.0 Å². The molecule has 0 bridgehead atoms. The predicted octanol–water partition coefficient (Wildman–Crippen LogP) is 4.44. The predicted molar refractivity (Wildman–Crippen MR) is 112 cm³/mol. The van der Waals surface area contributed by atoms with Gasteiger partial charge in [-0.2, -0.15) is 0 Å². The van der Waals surface area contributed by atoms with Crippen LogP contribution in [-0.4, -0.2) is 20.2 Å². The lowest BCUT2D eigenvalue weighted by molar-refractivity contribution is 0.401. The highest BCUT2D eigenvalue weighted by molar-refractivity contribution is 5.76. The van der Waals surface area contributed by atoms with Crippen molar-refractivity contribution in [1.29, 1.82) is 0 Å². The Hall–Kier alpha value is -2.59. The molecular formula is C24H27NO3. The van der Waals surface area contributed by atoms with Crippen LogP contribution in [0.2, 0.25) is 0 Å². The average molecular weight is 377 g/mol. The van der Waals surface area contributed by atoms with Gasteiger partial charge >= 0.3 is 5.63 Å². The molecule has 0 fully saturated rings. The maximum atomic E-state index is 11.3. The van der Waals surface area contributed by atoms with E-state index < -0.39 is 0 Å². The van der Waals surface area contributed by atoms with Gasteiger partial charge in [0, 0.05) is 11.5 Å². The van der Waals surface area contributed by atoms with E-state index in [0.29, 0.717) is 11.5 Å². The SMILES string of the molecule is COc1cccc2c1CCCC2CCNCCc1ccc2oc(=O)ccc2c1. The molecule has 0 saturated heterocycles. The van der Waals surface area contributed by atoms with Crippen LogP contribution < -0.4 is 15.7 Å². The summed E-state index contributed by atoms with van der Waals surface area (Å²) in [7, 11) is 1.77. The van der Waals surface area contributed by atoms with Crippen molar-refractivity contribution in [2.24, 2.45) is 0 Å². The van der Waals surface area contributed by atoms with Crippen LogP contribution in [-0.2, 0) is 12.8 Å². The van der Waals surface area contributed by atoms with E-state index in [1.54, 1.807) is 7.11 Å². The first-order valence-electron chi connectivity index (χ1n) is 10.1. The van der Waals surface area contributed by atoms with Crippen molar-refractivity contribution in [2.75, 3.05) is 20.2 Å². The molecule has 28 heavy (non-hydrogen) atoms. The minimum atomic E-state index is -0.302. The molecule has 1 unspecified atom stereocenters. The van der Waals surface area contributed by atoms with Crippen molar-refractivity contribution in [1.82, 2.24) is 5.32 Å². The van der Waals surface area contributed by atoms with Crippen molar-refractivity contribution in [3.05, 3.63) is 75.6 Å². The zero-order chi connectivity index (χ0) is 19.3. The molecule has 1 aliphatic rings. The second kappa shape index (κ2) is 8.61. The Balaban J connectivity index is 1.29. The quantitative estimate of drug-likeness (QED) is 0.488. The molecule has 0 saturated carbocycles. The number of hydrogen-bond donors (Lipinski definition) is 1. The maximum absolute atomic E-state index is 11.3. The van der Waals surface area contributed by atoms with E-state index >= 15 is 0 Å². The van der Waals surface area contributed by atoms with E-state index in [-0.39, 0.29) is 5.63 Å². The number of ether oxygens (including phenoxy) is 1. The Morgan fingerprint density at radius 1 is 1.14 bits per heavy atom. The highest BCUT2D eigenvalue weighted by Crippen LogP contribution is 2.38. The molecule has 0 spiro atoms. The summed E-state index contributed by atoms with van der Waals surface area (Å²) in [5.74, 6) is 1.66. The summed E-state index contributed by atoms with van der Waals surface area (Å²) in [6.45, 7) is 1.96. The normalized spacial score (nSPS) is 16.1. The fourth-order valence-corrected chi connectivity index (χ4v) is 4.32. The molecule has 1 aromatic heterocycles. The van der Waals surface area contributed by atoms with Crippen LogP contribution in [0.3, 0.4) is 0 Å². The van der Waals surface area contributed by atoms with Crippen LogP contribution in [0.1, 0.15) is 41.9 Å². The van der Waals surface area contributed by atoms with Gasteiger partial charge in [0.15, 0.2) is 0 Å². The lowest BCUT2D eigenvalue weighted by Crippen LogP contribution is -2.22. The van der Waals surface area contributed by atoms with Gasteiger partial charge in [0.25, 0.3) is 0 Å². The Morgan fingerprint density at radius 2 is 2.07 bits per heavy atom. The molecule has 146 valence electrons. The Labute approximate surface area is 165 Å². The summed E-state index contributed by atoms with van der Waals surface area (Å²) < 4.78 is 10.7. The third-order valence-corrected chi connectivity index (χ3v) is 5.75. The number of rotatable bonds is 7.